The van der Waals surface area contributed by atoms with Crippen LogP contribution in [0.2, 0.25) is 0 Å². The second-order valence-electron chi connectivity index (χ2n) is 13.0. The van der Waals surface area contributed by atoms with Gasteiger partial charge in [-0.3, -0.25) is 0 Å². The Bertz CT molecular complexity index is 1030. The first-order valence-electron chi connectivity index (χ1n) is 16.9. The van der Waals surface area contributed by atoms with Gasteiger partial charge in [0.25, 0.3) is 0 Å². The first-order valence-corrected chi connectivity index (χ1v) is 16.9. The molecule has 0 aromatic rings. The summed E-state index contributed by atoms with van der Waals surface area (Å²) in [7, 11) is 0. The number of carbonyl (C=O) groups is 1. The minimum atomic E-state index is -1.10. The molecule has 0 aromatic carbocycles. The molecule has 47 heavy (non-hydrogen) atoms. The van der Waals surface area contributed by atoms with Crippen LogP contribution < -0.4 is 0 Å². The highest BCUT2D eigenvalue weighted by atomic mass is 16.5. The van der Waals surface area contributed by atoms with E-state index in [-0.39, 0.29) is 50.4 Å². The molecule has 1 rings (SSSR count). The number of esters is 1. The number of hydrogen-bond donors (Lipinski definition) is 8. The minimum absolute atomic E-state index is 0.0516. The highest BCUT2D eigenvalue weighted by Crippen LogP contribution is 2.23. The van der Waals surface area contributed by atoms with Gasteiger partial charge in [0.05, 0.1) is 48.8 Å². The molecular weight excluding hydrogens is 604 g/mol. The third-order valence-electron chi connectivity index (χ3n) is 8.55. The van der Waals surface area contributed by atoms with Crippen molar-refractivity contribution in [1.82, 2.24) is 0 Å². The van der Waals surface area contributed by atoms with E-state index in [0.29, 0.717) is 6.42 Å². The van der Waals surface area contributed by atoms with Gasteiger partial charge in [-0.05, 0) is 44.4 Å². The van der Waals surface area contributed by atoms with Gasteiger partial charge in [-0.2, -0.15) is 0 Å². The molecule has 0 saturated heterocycles. The Hall–Kier alpha value is -2.41. The number of rotatable bonds is 2. The van der Waals surface area contributed by atoms with Gasteiger partial charge in [-0.1, -0.05) is 101 Å². The number of aliphatic hydroxyl groups excluding tert-OH is 8. The normalized spacial score (nSPS) is 40.3. The molecule has 268 valence electrons. The van der Waals surface area contributed by atoms with Crippen LogP contribution in [0, 0.1) is 17.8 Å². The van der Waals surface area contributed by atoms with E-state index in [1.54, 1.807) is 67.7 Å². The lowest BCUT2D eigenvalue weighted by Gasteiger charge is -2.27. The Morgan fingerprint density at radius 1 is 0.660 bits per heavy atom. The fourth-order valence-electron chi connectivity index (χ4n) is 5.44. The van der Waals surface area contributed by atoms with E-state index >= 15 is 0 Å². The van der Waals surface area contributed by atoms with E-state index < -0.39 is 66.8 Å². The van der Waals surface area contributed by atoms with Crippen molar-refractivity contribution >= 4 is 5.97 Å². The predicted molar refractivity (Wildman–Crippen MR) is 183 cm³/mol. The average molecular weight is 665 g/mol. The number of hydrogen-bond acceptors (Lipinski definition) is 10. The van der Waals surface area contributed by atoms with Crippen molar-refractivity contribution in [2.45, 2.75) is 134 Å². The maximum Gasteiger partial charge on any atom is 0.331 e. The molecule has 0 bridgehead atoms. The maximum absolute atomic E-state index is 12.5. The van der Waals surface area contributed by atoms with Crippen LogP contribution in [0.15, 0.2) is 72.9 Å². The Kier molecular flexibility index (Phi) is 21.6. The standard InChI is InChI=1S/C37H60O10/c1-5-25(2)37-26(3)17-18-28(38)19-29(39)20-30(40)21-31(41)22-32(42)23-33(43)24-35(45)27(4)34(44)15-13-11-9-7-6-8-10-12-14-16-36(46)47-37/h6-14,16-18,25-35,37-45H,5,15,19-24H2,1-4H3/b8-6+,9-7+,12-10+,13-11+,16-14+,18-17+/t25-,26-,27-,28-,29-,30+,31-,32+,33+,34-,35+,37-/m0/s1. The lowest BCUT2D eigenvalue weighted by atomic mass is 9.90. The molecule has 12 atom stereocenters. The summed E-state index contributed by atoms with van der Waals surface area (Å²) in [5, 5.41) is 83.4. The first kappa shape index (κ1) is 42.6. The summed E-state index contributed by atoms with van der Waals surface area (Å²) in [4.78, 5) is 12.5. The summed E-state index contributed by atoms with van der Waals surface area (Å²) in [5.41, 5.74) is 0. The molecule has 0 amide bonds. The number of cyclic esters (lactones) is 1. The average Bonchev–Trinajstić information content (AvgIpc) is 2.99. The van der Waals surface area contributed by atoms with Crippen LogP contribution >= 0.6 is 0 Å². The summed E-state index contributed by atoms with van der Waals surface area (Å²) in [6.07, 6.45) is 12.2. The third-order valence-corrected chi connectivity index (χ3v) is 8.55. The second kappa shape index (κ2) is 23.8. The van der Waals surface area contributed by atoms with Crippen LogP contribution in [0.1, 0.15) is 79.1 Å². The van der Waals surface area contributed by atoms with Crippen molar-refractivity contribution in [2.24, 2.45) is 17.8 Å². The van der Waals surface area contributed by atoms with Crippen molar-refractivity contribution in [2.75, 3.05) is 0 Å². The van der Waals surface area contributed by atoms with Crippen LogP contribution in [0.25, 0.3) is 0 Å². The Labute approximate surface area is 280 Å². The first-order chi connectivity index (χ1) is 22.2. The molecule has 1 aliphatic heterocycles. The van der Waals surface area contributed by atoms with Crippen molar-refractivity contribution in [1.29, 1.82) is 0 Å². The van der Waals surface area contributed by atoms with Gasteiger partial charge in [0.1, 0.15) is 6.10 Å². The van der Waals surface area contributed by atoms with Crippen LogP contribution in [0.5, 0.6) is 0 Å². The highest BCUT2D eigenvalue weighted by Gasteiger charge is 2.27. The monoisotopic (exact) mass is 664 g/mol. The lowest BCUT2D eigenvalue weighted by Crippen LogP contribution is -2.34. The van der Waals surface area contributed by atoms with E-state index in [9.17, 15) is 45.6 Å². The summed E-state index contributed by atoms with van der Waals surface area (Å²) >= 11 is 0. The molecule has 10 heteroatoms. The largest absolute Gasteiger partial charge is 0.458 e. The van der Waals surface area contributed by atoms with E-state index in [1.807, 2.05) is 20.8 Å². The smallest absolute Gasteiger partial charge is 0.331 e. The molecule has 1 aliphatic rings. The Balaban J connectivity index is 3.01. The molecule has 0 unspecified atom stereocenters. The van der Waals surface area contributed by atoms with Crippen molar-refractivity contribution in [3.8, 4) is 0 Å². The molecule has 0 saturated carbocycles. The molecule has 1 heterocycles. The zero-order valence-corrected chi connectivity index (χ0v) is 28.4. The molecule has 0 spiro atoms. The number of ether oxygens (including phenoxy) is 1. The van der Waals surface area contributed by atoms with Crippen LogP contribution in [-0.2, 0) is 9.53 Å². The summed E-state index contributed by atoms with van der Waals surface area (Å²) in [6, 6.07) is 0. The van der Waals surface area contributed by atoms with Gasteiger partial charge in [0, 0.05) is 24.3 Å². The van der Waals surface area contributed by atoms with Gasteiger partial charge in [0.15, 0.2) is 0 Å². The molecule has 10 nitrogen and oxygen atoms in total. The molecule has 0 radical (unpaired) electrons. The van der Waals surface area contributed by atoms with Crippen LogP contribution in [-0.4, -0.2) is 102 Å². The summed E-state index contributed by atoms with van der Waals surface area (Å²) in [5.74, 6) is -1.19. The zero-order valence-electron chi connectivity index (χ0n) is 28.4. The SMILES string of the molecule is CC[C@H](C)[C@@H]1OC(=O)/C=C/C=C/C=C/C=C/C=C/C[C@H](O)[C@H](C)[C@H](O)C[C@H](O)C[C@H](O)C[C@@H](O)C[C@H](O)C[C@@H](O)C[C@@H](O)/C=C/[C@@H]1C. The Morgan fingerprint density at radius 3 is 1.66 bits per heavy atom. The molecule has 0 aromatic heterocycles. The fraction of sp³-hybridized carbons (Fsp3) is 0.649. The highest BCUT2D eigenvalue weighted by molar-refractivity contribution is 5.82. The van der Waals surface area contributed by atoms with Crippen molar-refractivity contribution < 1.29 is 50.4 Å². The molecular formula is C37H60O10. The summed E-state index contributed by atoms with van der Waals surface area (Å²) in [6.45, 7) is 7.55. The second-order valence-corrected chi connectivity index (χ2v) is 13.0. The molecule has 8 N–H and O–H groups in total. The van der Waals surface area contributed by atoms with Gasteiger partial charge in [-0.25, -0.2) is 4.79 Å². The lowest BCUT2D eigenvalue weighted by molar-refractivity contribution is -0.147. The van der Waals surface area contributed by atoms with E-state index in [0.717, 1.165) is 6.42 Å². The zero-order chi connectivity index (χ0) is 35.4. The number of allylic oxidation sites excluding steroid dienone is 8. The van der Waals surface area contributed by atoms with E-state index in [2.05, 4.69) is 0 Å². The molecule has 0 fully saturated rings. The van der Waals surface area contributed by atoms with E-state index in [4.69, 9.17) is 4.74 Å². The van der Waals surface area contributed by atoms with Crippen molar-refractivity contribution in [3.63, 3.8) is 0 Å². The predicted octanol–water partition coefficient (Wildman–Crippen LogP) is 3.19. The minimum Gasteiger partial charge on any atom is -0.458 e. The van der Waals surface area contributed by atoms with Crippen LogP contribution in [0.3, 0.4) is 0 Å². The maximum atomic E-state index is 12.5. The topological polar surface area (TPSA) is 188 Å². The van der Waals surface area contributed by atoms with Gasteiger partial charge in [-0.15, -0.1) is 0 Å². The summed E-state index contributed by atoms with van der Waals surface area (Å²) < 4.78 is 5.74. The van der Waals surface area contributed by atoms with E-state index in [1.165, 1.54) is 12.2 Å². The van der Waals surface area contributed by atoms with Crippen LogP contribution in [0.4, 0.5) is 0 Å². The molecule has 0 aliphatic carbocycles. The fourth-order valence-corrected chi connectivity index (χ4v) is 5.44. The van der Waals surface area contributed by atoms with Crippen molar-refractivity contribution in [3.05, 3.63) is 72.9 Å². The van der Waals surface area contributed by atoms with Gasteiger partial charge in [0.2, 0.25) is 0 Å². The number of aliphatic hydroxyl groups is 8. The third kappa shape index (κ3) is 19.2. The van der Waals surface area contributed by atoms with Gasteiger partial charge < -0.3 is 45.6 Å². The number of carbonyl (C=O) groups excluding carboxylic acids is 1. The quantitative estimate of drug-likeness (QED) is 0.161. The Morgan fingerprint density at radius 2 is 1.13 bits per heavy atom. The van der Waals surface area contributed by atoms with Gasteiger partial charge >= 0.3 is 5.97 Å².